The molecule has 5 rings (SSSR count). The summed E-state index contributed by atoms with van der Waals surface area (Å²) in [5.41, 5.74) is 0.994. The molecule has 30 heavy (non-hydrogen) atoms. The highest BCUT2D eigenvalue weighted by molar-refractivity contribution is 5.97. The van der Waals surface area contributed by atoms with Crippen molar-refractivity contribution in [1.29, 1.82) is 0 Å². The van der Waals surface area contributed by atoms with Gasteiger partial charge in [0.1, 0.15) is 29.2 Å². The van der Waals surface area contributed by atoms with Crippen LogP contribution in [0.3, 0.4) is 0 Å². The fourth-order valence-corrected chi connectivity index (χ4v) is 4.18. The standard InChI is InChI=1S/C23H20N2O5/c1-23(2)22-21(29-22)16-11-17(18(25(27)28)12-19(16)30-23)24-20(26)10-14-8-5-7-13-6-3-4-9-15(13)14/h3-9,11-12,21-22H,10H2,1-2H3,(H,24,26). The molecule has 3 aromatic carbocycles. The smallest absolute Gasteiger partial charge is 0.296 e. The van der Waals surface area contributed by atoms with Crippen molar-refractivity contribution < 1.29 is 19.2 Å². The number of nitro benzene ring substituents is 1. The zero-order valence-electron chi connectivity index (χ0n) is 16.5. The Morgan fingerprint density at radius 2 is 1.93 bits per heavy atom. The van der Waals surface area contributed by atoms with Crippen molar-refractivity contribution in [3.05, 3.63) is 75.8 Å². The Labute approximate surface area is 172 Å². The van der Waals surface area contributed by atoms with E-state index in [1.165, 1.54) is 6.07 Å². The zero-order chi connectivity index (χ0) is 21.0. The Kier molecular flexibility index (Phi) is 4.04. The fraction of sp³-hybridized carbons (Fsp3) is 0.261. The number of ether oxygens (including phenoxy) is 2. The molecule has 0 saturated carbocycles. The van der Waals surface area contributed by atoms with Gasteiger partial charge in [0.15, 0.2) is 0 Å². The second kappa shape index (κ2) is 6.53. The molecule has 1 fully saturated rings. The predicted octanol–water partition coefficient (Wildman–Crippen LogP) is 4.54. The van der Waals surface area contributed by atoms with Crippen LogP contribution in [0.5, 0.6) is 5.75 Å². The van der Waals surface area contributed by atoms with Crippen molar-refractivity contribution in [1.82, 2.24) is 0 Å². The Bertz CT molecular complexity index is 1200. The van der Waals surface area contributed by atoms with Crippen LogP contribution in [0.1, 0.15) is 31.1 Å². The van der Waals surface area contributed by atoms with Gasteiger partial charge in [0.2, 0.25) is 5.91 Å². The van der Waals surface area contributed by atoms with Crippen molar-refractivity contribution in [2.75, 3.05) is 5.32 Å². The normalized spacial score (nSPS) is 20.6. The number of nitrogens with zero attached hydrogens (tertiary/aromatic N) is 1. The van der Waals surface area contributed by atoms with Crippen LogP contribution in [0.25, 0.3) is 10.8 Å². The van der Waals surface area contributed by atoms with Crippen molar-refractivity contribution in [2.45, 2.75) is 38.1 Å². The second-order valence-electron chi connectivity index (χ2n) is 8.21. The molecule has 7 nitrogen and oxygen atoms in total. The number of anilines is 1. The zero-order valence-corrected chi connectivity index (χ0v) is 16.5. The maximum absolute atomic E-state index is 12.8. The molecular formula is C23H20N2O5. The van der Waals surface area contributed by atoms with Crippen molar-refractivity contribution in [3.63, 3.8) is 0 Å². The average Bonchev–Trinajstić information content (AvgIpc) is 3.50. The molecule has 2 aliphatic rings. The van der Waals surface area contributed by atoms with Crippen LogP contribution in [-0.4, -0.2) is 22.5 Å². The molecule has 0 spiro atoms. The molecule has 0 radical (unpaired) electrons. The van der Waals surface area contributed by atoms with E-state index < -0.39 is 10.5 Å². The first kappa shape index (κ1) is 18.6. The van der Waals surface area contributed by atoms with E-state index in [0.717, 1.165) is 21.9 Å². The van der Waals surface area contributed by atoms with E-state index in [-0.39, 0.29) is 35.9 Å². The van der Waals surface area contributed by atoms with Gasteiger partial charge < -0.3 is 14.8 Å². The molecule has 1 saturated heterocycles. The van der Waals surface area contributed by atoms with Crippen LogP contribution >= 0.6 is 0 Å². The van der Waals surface area contributed by atoms with Gasteiger partial charge in [-0.25, -0.2) is 0 Å². The molecule has 1 amide bonds. The SMILES string of the molecule is CC1(C)Oc2cc([N+](=O)[O-])c(NC(=O)Cc3cccc4ccccc34)cc2C2OC21. The lowest BCUT2D eigenvalue weighted by Gasteiger charge is -2.29. The highest BCUT2D eigenvalue weighted by Crippen LogP contribution is 2.55. The fourth-order valence-electron chi connectivity index (χ4n) is 4.18. The molecule has 7 heteroatoms. The number of amides is 1. The number of hydrogen-bond acceptors (Lipinski definition) is 5. The summed E-state index contributed by atoms with van der Waals surface area (Å²) < 4.78 is 11.6. The van der Waals surface area contributed by atoms with E-state index >= 15 is 0 Å². The van der Waals surface area contributed by atoms with Crippen molar-refractivity contribution in [3.8, 4) is 5.75 Å². The number of hydrogen-bond donors (Lipinski definition) is 1. The maximum Gasteiger partial charge on any atom is 0.296 e. The first-order valence-electron chi connectivity index (χ1n) is 9.77. The number of nitrogens with one attached hydrogen (secondary N) is 1. The molecular weight excluding hydrogens is 384 g/mol. The summed E-state index contributed by atoms with van der Waals surface area (Å²) in [7, 11) is 0. The minimum absolute atomic E-state index is 0.0920. The number of carbonyl (C=O) groups is 1. The predicted molar refractivity (Wildman–Crippen MR) is 112 cm³/mol. The third-order valence-electron chi connectivity index (χ3n) is 5.69. The van der Waals surface area contributed by atoms with E-state index in [1.807, 2.05) is 56.3 Å². The van der Waals surface area contributed by atoms with Crippen LogP contribution in [-0.2, 0) is 16.0 Å². The minimum atomic E-state index is -0.551. The third kappa shape index (κ3) is 3.07. The van der Waals surface area contributed by atoms with Gasteiger partial charge in [-0.3, -0.25) is 14.9 Å². The Balaban J connectivity index is 1.45. The topological polar surface area (TPSA) is 94.0 Å². The monoisotopic (exact) mass is 404 g/mol. The highest BCUT2D eigenvalue weighted by atomic mass is 16.6. The van der Waals surface area contributed by atoms with Gasteiger partial charge in [0.25, 0.3) is 5.69 Å². The first-order chi connectivity index (χ1) is 14.3. The van der Waals surface area contributed by atoms with E-state index in [0.29, 0.717) is 5.75 Å². The summed E-state index contributed by atoms with van der Waals surface area (Å²) in [6.07, 6.45) is -0.147. The minimum Gasteiger partial charge on any atom is -0.484 e. The van der Waals surface area contributed by atoms with Gasteiger partial charge in [-0.2, -0.15) is 0 Å². The van der Waals surface area contributed by atoms with Gasteiger partial charge in [-0.05, 0) is 36.2 Å². The number of fused-ring (bicyclic) bond motifs is 4. The van der Waals surface area contributed by atoms with E-state index in [2.05, 4.69) is 5.32 Å². The lowest BCUT2D eigenvalue weighted by molar-refractivity contribution is -0.384. The lowest BCUT2D eigenvalue weighted by atomic mass is 9.93. The van der Waals surface area contributed by atoms with E-state index in [9.17, 15) is 14.9 Å². The highest BCUT2D eigenvalue weighted by Gasteiger charge is 2.57. The summed E-state index contributed by atoms with van der Waals surface area (Å²) >= 11 is 0. The van der Waals surface area contributed by atoms with Crippen LogP contribution in [0.2, 0.25) is 0 Å². The summed E-state index contributed by atoms with van der Waals surface area (Å²) in [5, 5.41) is 16.4. The Morgan fingerprint density at radius 1 is 1.17 bits per heavy atom. The number of rotatable bonds is 4. The van der Waals surface area contributed by atoms with Crippen LogP contribution in [0.15, 0.2) is 54.6 Å². The first-order valence-corrected chi connectivity index (χ1v) is 9.77. The molecule has 2 aliphatic heterocycles. The van der Waals surface area contributed by atoms with Gasteiger partial charge in [-0.15, -0.1) is 0 Å². The van der Waals surface area contributed by atoms with Gasteiger partial charge >= 0.3 is 0 Å². The molecule has 1 N–H and O–H groups in total. The Hall–Kier alpha value is -3.45. The summed E-state index contributed by atoms with van der Waals surface area (Å²) in [6, 6.07) is 16.6. The molecule has 0 aliphatic carbocycles. The number of carbonyl (C=O) groups excluding carboxylic acids is 1. The molecule has 152 valence electrons. The molecule has 0 aromatic heterocycles. The number of epoxide rings is 1. The molecule has 2 atom stereocenters. The molecule has 2 unspecified atom stereocenters. The van der Waals surface area contributed by atoms with Gasteiger partial charge in [0.05, 0.1) is 17.4 Å². The largest absolute Gasteiger partial charge is 0.484 e. The molecule has 0 bridgehead atoms. The third-order valence-corrected chi connectivity index (χ3v) is 5.69. The summed E-state index contributed by atoms with van der Waals surface area (Å²) in [6.45, 7) is 3.79. The van der Waals surface area contributed by atoms with Crippen LogP contribution < -0.4 is 10.1 Å². The molecule has 2 heterocycles. The molecule has 3 aromatic rings. The number of benzene rings is 3. The van der Waals surface area contributed by atoms with E-state index in [1.54, 1.807) is 6.07 Å². The second-order valence-corrected chi connectivity index (χ2v) is 8.21. The van der Waals surface area contributed by atoms with Gasteiger partial charge in [0, 0.05) is 5.56 Å². The quantitative estimate of drug-likeness (QED) is 0.391. The maximum atomic E-state index is 12.8. The van der Waals surface area contributed by atoms with Gasteiger partial charge in [-0.1, -0.05) is 42.5 Å². The summed E-state index contributed by atoms with van der Waals surface area (Å²) in [4.78, 5) is 23.9. The van der Waals surface area contributed by atoms with E-state index in [4.69, 9.17) is 9.47 Å². The van der Waals surface area contributed by atoms with Crippen LogP contribution in [0, 0.1) is 10.1 Å². The average molecular weight is 404 g/mol. The van der Waals surface area contributed by atoms with Crippen molar-refractivity contribution in [2.24, 2.45) is 0 Å². The summed E-state index contributed by atoms with van der Waals surface area (Å²) in [5.74, 6) is 0.109. The van der Waals surface area contributed by atoms with Crippen LogP contribution in [0.4, 0.5) is 11.4 Å². The van der Waals surface area contributed by atoms with Crippen molar-refractivity contribution >= 4 is 28.1 Å². The number of nitro groups is 1. The lowest BCUT2D eigenvalue weighted by Crippen LogP contribution is -2.37. The Morgan fingerprint density at radius 3 is 2.73 bits per heavy atom.